The number of rotatable bonds is 7. The summed E-state index contributed by atoms with van der Waals surface area (Å²) in [4.78, 5) is 0. The van der Waals surface area contributed by atoms with Gasteiger partial charge in [-0.05, 0) is 38.0 Å². The Morgan fingerprint density at radius 2 is 1.88 bits per heavy atom. The second-order valence-electron chi connectivity index (χ2n) is 6.83. The summed E-state index contributed by atoms with van der Waals surface area (Å²) in [5.74, 6) is 2.99. The van der Waals surface area contributed by atoms with E-state index in [4.69, 9.17) is 0 Å². The minimum Gasteiger partial charge on any atom is -0.0988 e. The molecule has 0 nitrogen and oxygen atoms in total. The maximum atomic E-state index is 4.29. The molecule has 0 amide bonds. The van der Waals surface area contributed by atoms with Crippen molar-refractivity contribution in [2.24, 2.45) is 29.1 Å². The van der Waals surface area contributed by atoms with Crippen LogP contribution in [0.1, 0.15) is 60.8 Å². The molecule has 0 N–H and O–H groups in total. The van der Waals surface area contributed by atoms with Gasteiger partial charge in [-0.3, -0.25) is 0 Å². The molecule has 1 aliphatic carbocycles. The zero-order valence-corrected chi connectivity index (χ0v) is 12.7. The Balaban J connectivity index is 2.45. The van der Waals surface area contributed by atoms with Gasteiger partial charge in [0.1, 0.15) is 5.92 Å². The van der Waals surface area contributed by atoms with E-state index in [1.807, 2.05) is 0 Å². The third kappa shape index (κ3) is 3.30. The molecule has 0 aromatic heterocycles. The van der Waals surface area contributed by atoms with E-state index in [0.29, 0.717) is 11.3 Å². The summed E-state index contributed by atoms with van der Waals surface area (Å²) in [6.45, 7) is 18.3. The lowest BCUT2D eigenvalue weighted by molar-refractivity contribution is 0.367. The van der Waals surface area contributed by atoms with Crippen LogP contribution in [0.3, 0.4) is 0 Å². The van der Waals surface area contributed by atoms with Gasteiger partial charge in [-0.25, -0.2) is 0 Å². The summed E-state index contributed by atoms with van der Waals surface area (Å²) in [5.41, 5.74) is 1.95. The fourth-order valence-electron chi connectivity index (χ4n) is 3.78. The van der Waals surface area contributed by atoms with Crippen molar-refractivity contribution in [1.82, 2.24) is 0 Å². The minimum absolute atomic E-state index is 0.447. The molecule has 1 rings (SSSR count). The Kier molecular flexibility index (Phi) is 4.75. The quantitative estimate of drug-likeness (QED) is 0.403. The van der Waals surface area contributed by atoms with Crippen LogP contribution in [0, 0.1) is 35.5 Å². The zero-order chi connectivity index (χ0) is 13.2. The van der Waals surface area contributed by atoms with E-state index in [1.165, 1.54) is 24.8 Å². The summed E-state index contributed by atoms with van der Waals surface area (Å²) < 4.78 is 0. The van der Waals surface area contributed by atoms with E-state index in [1.54, 1.807) is 0 Å². The lowest BCUT2D eigenvalue weighted by atomic mass is 9.85. The average Bonchev–Trinajstić information content (AvgIpc) is 2.67. The molecular weight excluding hydrogens is 204 g/mol. The van der Waals surface area contributed by atoms with Crippen LogP contribution >= 0.6 is 0 Å². The van der Waals surface area contributed by atoms with Crippen LogP contribution in [0.25, 0.3) is 0 Å². The predicted octanol–water partition coefficient (Wildman–Crippen LogP) is 5.50. The van der Waals surface area contributed by atoms with Crippen molar-refractivity contribution >= 4 is 0 Å². The topological polar surface area (TPSA) is 0 Å². The summed E-state index contributed by atoms with van der Waals surface area (Å²) in [7, 11) is 0. The zero-order valence-electron chi connectivity index (χ0n) is 12.7. The van der Waals surface area contributed by atoms with E-state index in [-0.39, 0.29) is 0 Å². The summed E-state index contributed by atoms with van der Waals surface area (Å²) >= 11 is 0. The van der Waals surface area contributed by atoms with E-state index in [9.17, 15) is 0 Å². The first-order valence-corrected chi connectivity index (χ1v) is 7.37. The molecule has 0 aromatic carbocycles. The third-order valence-corrected chi connectivity index (χ3v) is 4.48. The highest BCUT2D eigenvalue weighted by molar-refractivity contribution is 5.36. The van der Waals surface area contributed by atoms with Crippen molar-refractivity contribution in [2.45, 2.75) is 60.8 Å². The Morgan fingerprint density at radius 3 is 2.35 bits per heavy atom. The molecular formula is C17H31+. The van der Waals surface area contributed by atoms with Gasteiger partial charge in [0.15, 0.2) is 0 Å². The van der Waals surface area contributed by atoms with Crippen LogP contribution in [0.5, 0.6) is 0 Å². The van der Waals surface area contributed by atoms with E-state index < -0.39 is 0 Å². The normalized spacial score (nSPS) is 31.5. The van der Waals surface area contributed by atoms with Gasteiger partial charge in [0, 0.05) is 5.92 Å². The van der Waals surface area contributed by atoms with Crippen molar-refractivity contribution in [2.75, 3.05) is 0 Å². The molecule has 98 valence electrons. The van der Waals surface area contributed by atoms with E-state index in [0.717, 1.165) is 17.8 Å². The summed E-state index contributed by atoms with van der Waals surface area (Å²) in [5, 5.41) is 0. The molecule has 1 saturated carbocycles. The number of allylic oxidation sites excluding steroid dienone is 1. The smallest absolute Gasteiger partial charge is 0.0988 e. The molecule has 0 spiro atoms. The molecule has 0 heteroatoms. The summed E-state index contributed by atoms with van der Waals surface area (Å²) in [6, 6.07) is 0. The predicted molar refractivity (Wildman–Crippen MR) is 77.7 cm³/mol. The first-order valence-electron chi connectivity index (χ1n) is 7.37. The largest absolute Gasteiger partial charge is 0.103 e. The molecule has 0 aliphatic heterocycles. The maximum Gasteiger partial charge on any atom is 0.103 e. The van der Waals surface area contributed by atoms with Gasteiger partial charge < -0.3 is 0 Å². The fourth-order valence-corrected chi connectivity index (χ4v) is 3.78. The number of hydrogen-bond donors (Lipinski definition) is 0. The molecule has 1 fully saturated rings. The Morgan fingerprint density at radius 1 is 1.29 bits per heavy atom. The monoisotopic (exact) mass is 235 g/mol. The Labute approximate surface area is 109 Å². The van der Waals surface area contributed by atoms with Crippen molar-refractivity contribution in [3.63, 3.8) is 0 Å². The average molecular weight is 235 g/mol. The molecule has 0 radical (unpaired) electrons. The SMILES string of the molecule is C=C1C(C(C)[CH+]C(C)CC(C)C)C1(C)CCC. The van der Waals surface area contributed by atoms with Crippen LogP contribution in [0.4, 0.5) is 0 Å². The van der Waals surface area contributed by atoms with Crippen molar-refractivity contribution in [3.05, 3.63) is 18.6 Å². The molecule has 4 unspecified atom stereocenters. The second kappa shape index (κ2) is 5.50. The molecule has 0 bridgehead atoms. The van der Waals surface area contributed by atoms with Gasteiger partial charge in [-0.15, -0.1) is 0 Å². The molecule has 0 heterocycles. The van der Waals surface area contributed by atoms with Gasteiger partial charge in [0.2, 0.25) is 0 Å². The third-order valence-electron chi connectivity index (χ3n) is 4.48. The van der Waals surface area contributed by atoms with Crippen molar-refractivity contribution in [3.8, 4) is 0 Å². The fraction of sp³-hybridized carbons (Fsp3) is 0.824. The van der Waals surface area contributed by atoms with Gasteiger partial charge in [0.05, 0.1) is 12.3 Å². The maximum absolute atomic E-state index is 4.29. The van der Waals surface area contributed by atoms with Gasteiger partial charge >= 0.3 is 0 Å². The highest BCUT2D eigenvalue weighted by Crippen LogP contribution is 2.64. The first-order chi connectivity index (χ1) is 7.82. The highest BCUT2D eigenvalue weighted by atomic mass is 14.6. The van der Waals surface area contributed by atoms with Gasteiger partial charge in [-0.2, -0.15) is 0 Å². The van der Waals surface area contributed by atoms with Gasteiger partial charge in [0.25, 0.3) is 0 Å². The number of hydrogen-bond acceptors (Lipinski definition) is 0. The molecule has 17 heavy (non-hydrogen) atoms. The van der Waals surface area contributed by atoms with Gasteiger partial charge in [-0.1, -0.05) is 46.3 Å². The standard InChI is InChI=1S/C17H31/c1-8-9-17(7)15(6)16(17)14(5)11-13(4)10-12(2)3/h11-14,16H,6,8-10H2,1-5,7H3/q+1. The van der Waals surface area contributed by atoms with Crippen LogP contribution in [-0.4, -0.2) is 0 Å². The van der Waals surface area contributed by atoms with Crippen LogP contribution < -0.4 is 0 Å². The first kappa shape index (κ1) is 14.7. The Hall–Kier alpha value is -0.390. The van der Waals surface area contributed by atoms with E-state index in [2.05, 4.69) is 54.5 Å². The lowest BCUT2D eigenvalue weighted by Crippen LogP contribution is -2.12. The lowest BCUT2D eigenvalue weighted by Gasteiger charge is -2.13. The van der Waals surface area contributed by atoms with E-state index >= 15 is 0 Å². The minimum atomic E-state index is 0.447. The second-order valence-corrected chi connectivity index (χ2v) is 6.83. The van der Waals surface area contributed by atoms with Crippen molar-refractivity contribution < 1.29 is 0 Å². The van der Waals surface area contributed by atoms with Crippen LogP contribution in [0.15, 0.2) is 12.2 Å². The van der Waals surface area contributed by atoms with Crippen LogP contribution in [-0.2, 0) is 0 Å². The van der Waals surface area contributed by atoms with Crippen LogP contribution in [0.2, 0.25) is 0 Å². The Bertz CT molecular complexity index is 263. The molecule has 0 aromatic rings. The molecule has 0 saturated heterocycles. The van der Waals surface area contributed by atoms with Crippen molar-refractivity contribution in [1.29, 1.82) is 0 Å². The summed E-state index contributed by atoms with van der Waals surface area (Å²) in [6.07, 6.45) is 6.47. The molecule has 4 atom stereocenters. The highest BCUT2D eigenvalue weighted by Gasteiger charge is 2.58. The molecule has 1 aliphatic rings.